The molecule has 0 unspecified atom stereocenters. The number of amides is 1. The lowest BCUT2D eigenvalue weighted by molar-refractivity contribution is -0.148. The van der Waals surface area contributed by atoms with Gasteiger partial charge in [-0.1, -0.05) is 0 Å². The molecule has 1 amide bonds. The van der Waals surface area contributed by atoms with E-state index in [1.807, 2.05) is 0 Å². The number of hydrogen-bond donors (Lipinski definition) is 0. The summed E-state index contributed by atoms with van der Waals surface area (Å²) in [6, 6.07) is 0. The largest absolute Gasteiger partial charge is 0.401 e. The van der Waals surface area contributed by atoms with Gasteiger partial charge in [0.15, 0.2) is 0 Å². The first-order chi connectivity index (χ1) is 8.96. The van der Waals surface area contributed by atoms with Crippen molar-refractivity contribution in [3.63, 3.8) is 0 Å². The lowest BCUT2D eigenvalue weighted by Gasteiger charge is -2.34. The Balaban J connectivity index is 1.88. The summed E-state index contributed by atoms with van der Waals surface area (Å²) in [5.41, 5.74) is 0.215. The normalized spacial score (nSPS) is 17.5. The molecule has 0 atom stereocenters. The van der Waals surface area contributed by atoms with E-state index >= 15 is 0 Å². The SMILES string of the molecule is O=C(c1cnccn1)N1CCN(CC(F)(F)F)CC1. The van der Waals surface area contributed by atoms with Crippen molar-refractivity contribution in [3.05, 3.63) is 24.3 Å². The first kappa shape index (κ1) is 13.7. The summed E-state index contributed by atoms with van der Waals surface area (Å²) in [4.78, 5) is 22.4. The van der Waals surface area contributed by atoms with Crippen LogP contribution in [0.1, 0.15) is 10.5 Å². The molecule has 1 aliphatic heterocycles. The Morgan fingerprint density at radius 3 is 2.42 bits per heavy atom. The molecule has 0 aromatic carbocycles. The van der Waals surface area contributed by atoms with Crippen LogP contribution in [-0.4, -0.2) is 64.6 Å². The van der Waals surface area contributed by atoms with Crippen LogP contribution in [0.15, 0.2) is 18.6 Å². The maximum Gasteiger partial charge on any atom is 0.401 e. The zero-order valence-electron chi connectivity index (χ0n) is 10.1. The van der Waals surface area contributed by atoms with Crippen molar-refractivity contribution in [1.82, 2.24) is 19.8 Å². The van der Waals surface area contributed by atoms with Crippen LogP contribution in [-0.2, 0) is 0 Å². The minimum absolute atomic E-state index is 0.214. The van der Waals surface area contributed by atoms with E-state index in [1.54, 1.807) is 0 Å². The highest BCUT2D eigenvalue weighted by Gasteiger charge is 2.33. The van der Waals surface area contributed by atoms with Gasteiger partial charge in [-0.3, -0.25) is 14.7 Å². The van der Waals surface area contributed by atoms with Crippen molar-refractivity contribution < 1.29 is 18.0 Å². The van der Waals surface area contributed by atoms with E-state index in [-0.39, 0.29) is 37.8 Å². The van der Waals surface area contributed by atoms with Gasteiger partial charge in [0.05, 0.1) is 12.7 Å². The predicted octanol–water partition coefficient (Wildman–Crippen LogP) is 0.797. The fourth-order valence-electron chi connectivity index (χ4n) is 1.93. The molecule has 2 rings (SSSR count). The van der Waals surface area contributed by atoms with Crippen LogP contribution in [0.3, 0.4) is 0 Å². The smallest absolute Gasteiger partial charge is 0.335 e. The summed E-state index contributed by atoms with van der Waals surface area (Å²) in [5.74, 6) is -0.292. The molecule has 1 aliphatic rings. The molecule has 5 nitrogen and oxygen atoms in total. The third kappa shape index (κ3) is 3.88. The number of rotatable bonds is 2. The van der Waals surface area contributed by atoms with E-state index in [9.17, 15) is 18.0 Å². The summed E-state index contributed by atoms with van der Waals surface area (Å²) in [5, 5.41) is 0. The second kappa shape index (κ2) is 5.52. The molecule has 19 heavy (non-hydrogen) atoms. The van der Waals surface area contributed by atoms with Crippen molar-refractivity contribution in [2.75, 3.05) is 32.7 Å². The molecule has 0 saturated carbocycles. The number of carbonyl (C=O) groups is 1. The van der Waals surface area contributed by atoms with E-state index in [0.29, 0.717) is 0 Å². The van der Waals surface area contributed by atoms with Gasteiger partial charge in [-0.25, -0.2) is 4.98 Å². The number of nitrogens with zero attached hydrogens (tertiary/aromatic N) is 4. The number of piperazine rings is 1. The number of aromatic nitrogens is 2. The van der Waals surface area contributed by atoms with E-state index in [4.69, 9.17) is 0 Å². The number of hydrogen-bond acceptors (Lipinski definition) is 4. The van der Waals surface area contributed by atoms with Crippen molar-refractivity contribution in [2.45, 2.75) is 6.18 Å². The molecular formula is C11H13F3N4O. The maximum atomic E-state index is 12.2. The lowest BCUT2D eigenvalue weighted by atomic mass is 10.3. The Hall–Kier alpha value is -1.70. The van der Waals surface area contributed by atoms with Gasteiger partial charge in [0.1, 0.15) is 5.69 Å². The van der Waals surface area contributed by atoms with Crippen molar-refractivity contribution in [2.24, 2.45) is 0 Å². The summed E-state index contributed by atoms with van der Waals surface area (Å²) in [7, 11) is 0. The van der Waals surface area contributed by atoms with Gasteiger partial charge < -0.3 is 4.90 Å². The molecule has 0 aliphatic carbocycles. The van der Waals surface area contributed by atoms with Crippen LogP contribution < -0.4 is 0 Å². The molecule has 1 aromatic heterocycles. The van der Waals surface area contributed by atoms with Gasteiger partial charge in [-0.15, -0.1) is 0 Å². The first-order valence-electron chi connectivity index (χ1n) is 5.80. The fourth-order valence-corrected chi connectivity index (χ4v) is 1.93. The molecule has 8 heteroatoms. The Morgan fingerprint density at radius 2 is 1.89 bits per heavy atom. The Bertz CT molecular complexity index is 429. The fraction of sp³-hybridized carbons (Fsp3) is 0.545. The summed E-state index contributed by atoms with van der Waals surface area (Å²) >= 11 is 0. The van der Waals surface area contributed by atoms with Gasteiger partial charge in [-0.2, -0.15) is 13.2 Å². The number of halogens is 3. The van der Waals surface area contributed by atoms with Crippen molar-refractivity contribution in [1.29, 1.82) is 0 Å². The Morgan fingerprint density at radius 1 is 1.21 bits per heavy atom. The molecule has 0 bridgehead atoms. The van der Waals surface area contributed by atoms with Crippen LogP contribution in [0.25, 0.3) is 0 Å². The van der Waals surface area contributed by atoms with Crippen LogP contribution in [0, 0.1) is 0 Å². The second-order valence-corrected chi connectivity index (χ2v) is 4.27. The van der Waals surface area contributed by atoms with Crippen LogP contribution >= 0.6 is 0 Å². The third-order valence-corrected chi connectivity index (χ3v) is 2.84. The molecule has 104 valence electrons. The van der Waals surface area contributed by atoms with E-state index in [1.165, 1.54) is 28.4 Å². The summed E-state index contributed by atoms with van der Waals surface area (Å²) in [6.07, 6.45) is 0.0205. The zero-order chi connectivity index (χ0) is 13.9. The molecule has 0 radical (unpaired) electrons. The number of alkyl halides is 3. The lowest BCUT2D eigenvalue weighted by Crippen LogP contribution is -2.51. The number of carbonyl (C=O) groups excluding carboxylic acids is 1. The molecular weight excluding hydrogens is 261 g/mol. The van der Waals surface area contributed by atoms with Gasteiger partial charge in [0.25, 0.3) is 5.91 Å². The van der Waals surface area contributed by atoms with Crippen molar-refractivity contribution >= 4 is 5.91 Å². The average Bonchev–Trinajstić information content (AvgIpc) is 2.38. The average molecular weight is 274 g/mol. The molecule has 0 N–H and O–H groups in total. The second-order valence-electron chi connectivity index (χ2n) is 4.27. The third-order valence-electron chi connectivity index (χ3n) is 2.84. The first-order valence-corrected chi connectivity index (χ1v) is 5.80. The molecule has 1 saturated heterocycles. The highest BCUT2D eigenvalue weighted by atomic mass is 19.4. The monoisotopic (exact) mass is 274 g/mol. The van der Waals surface area contributed by atoms with Gasteiger partial charge in [0.2, 0.25) is 0 Å². The molecule has 1 aromatic rings. The van der Waals surface area contributed by atoms with E-state index < -0.39 is 12.7 Å². The Kier molecular flexibility index (Phi) is 3.98. The summed E-state index contributed by atoms with van der Waals surface area (Å²) in [6.45, 7) is 0.0359. The highest BCUT2D eigenvalue weighted by molar-refractivity contribution is 5.92. The molecule has 2 heterocycles. The molecule has 1 fully saturated rings. The van der Waals surface area contributed by atoms with Gasteiger partial charge in [0, 0.05) is 38.6 Å². The van der Waals surface area contributed by atoms with E-state index in [0.717, 1.165) is 0 Å². The Labute approximate surface area is 108 Å². The van der Waals surface area contributed by atoms with E-state index in [2.05, 4.69) is 9.97 Å². The van der Waals surface area contributed by atoms with Crippen molar-refractivity contribution in [3.8, 4) is 0 Å². The minimum atomic E-state index is -4.20. The summed E-state index contributed by atoms with van der Waals surface area (Å²) < 4.78 is 36.7. The maximum absolute atomic E-state index is 12.2. The zero-order valence-corrected chi connectivity index (χ0v) is 10.1. The predicted molar refractivity (Wildman–Crippen MR) is 60.4 cm³/mol. The topological polar surface area (TPSA) is 49.3 Å². The minimum Gasteiger partial charge on any atom is -0.335 e. The van der Waals surface area contributed by atoms with Crippen LogP contribution in [0.4, 0.5) is 13.2 Å². The molecule has 0 spiro atoms. The standard InChI is InChI=1S/C11H13F3N4O/c12-11(13,14)8-17-3-5-18(6-4-17)10(19)9-7-15-1-2-16-9/h1-2,7H,3-6,8H2. The van der Waals surface area contributed by atoms with Crippen LogP contribution in [0.2, 0.25) is 0 Å². The van der Waals surface area contributed by atoms with Gasteiger partial charge in [-0.05, 0) is 0 Å². The van der Waals surface area contributed by atoms with Gasteiger partial charge >= 0.3 is 6.18 Å². The van der Waals surface area contributed by atoms with Crippen LogP contribution in [0.5, 0.6) is 0 Å². The quantitative estimate of drug-likeness (QED) is 0.800. The highest BCUT2D eigenvalue weighted by Crippen LogP contribution is 2.17.